The van der Waals surface area contributed by atoms with Gasteiger partial charge < -0.3 is 26.8 Å². The molecular weight excluding hydrogens is 461 g/mol. The molecule has 2 atom stereocenters. The normalized spacial score (nSPS) is 13.2. The molecule has 0 saturated heterocycles. The van der Waals surface area contributed by atoms with E-state index in [2.05, 4.69) is 22.0 Å². The average molecular weight is 495 g/mol. The number of aryl methyl sites for hydroxylation is 2. The van der Waals surface area contributed by atoms with Gasteiger partial charge >= 0.3 is 6.18 Å². The number of rotatable bonds is 11. The summed E-state index contributed by atoms with van der Waals surface area (Å²) in [7, 11) is 0. The first-order chi connectivity index (χ1) is 16.4. The van der Waals surface area contributed by atoms with Crippen molar-refractivity contribution in [3.8, 4) is 0 Å². The summed E-state index contributed by atoms with van der Waals surface area (Å²) >= 11 is 0. The minimum atomic E-state index is -4.66. The smallest absolute Gasteiger partial charge is 0.399 e. The third-order valence-electron chi connectivity index (χ3n) is 5.53. The molecule has 0 radical (unpaired) electrons. The highest BCUT2D eigenvalue weighted by molar-refractivity contribution is 5.97. The van der Waals surface area contributed by atoms with Crippen LogP contribution in [0.3, 0.4) is 0 Å². The summed E-state index contributed by atoms with van der Waals surface area (Å²) in [6.45, 7) is 6.30. The van der Waals surface area contributed by atoms with Crippen LogP contribution in [0.2, 0.25) is 0 Å². The summed E-state index contributed by atoms with van der Waals surface area (Å²) in [6.07, 6.45) is -4.30. The Morgan fingerprint density at radius 2 is 1.83 bits per heavy atom. The quantitative estimate of drug-likeness (QED) is 0.308. The van der Waals surface area contributed by atoms with Crippen molar-refractivity contribution in [1.29, 1.82) is 0 Å². The van der Waals surface area contributed by atoms with Crippen LogP contribution in [0.25, 0.3) is 0 Å². The number of nitrogen functional groups attached to an aromatic ring is 1. The molecule has 2 rings (SSSR count). The topological polar surface area (TPSA) is 116 Å². The second kappa shape index (κ2) is 12.6. The van der Waals surface area contributed by atoms with Gasteiger partial charge in [-0.3, -0.25) is 9.59 Å². The number of carbonyl (C=O) groups is 2. The zero-order valence-corrected chi connectivity index (χ0v) is 20.1. The van der Waals surface area contributed by atoms with Crippen molar-refractivity contribution in [2.75, 3.05) is 18.8 Å². The van der Waals surface area contributed by atoms with E-state index in [1.165, 1.54) is 0 Å². The second-order valence-electron chi connectivity index (χ2n) is 8.62. The van der Waals surface area contributed by atoms with Crippen LogP contribution in [0.15, 0.2) is 36.4 Å². The van der Waals surface area contributed by atoms with Crippen LogP contribution in [0.4, 0.5) is 18.9 Å². The van der Waals surface area contributed by atoms with E-state index in [9.17, 15) is 27.9 Å². The van der Waals surface area contributed by atoms with E-state index in [1.807, 2.05) is 32.9 Å². The SMILES string of the molecule is CCC[C@@H](O)[C@H](CNCc1ccc(C)cc1C)NC(=O)CNC(=O)c1cc(N)cc(C(F)(F)F)c1. The van der Waals surface area contributed by atoms with E-state index < -0.39 is 42.2 Å². The molecular formula is C25H33F3N4O3. The molecule has 35 heavy (non-hydrogen) atoms. The number of nitrogens with two attached hydrogens (primary N) is 1. The van der Waals surface area contributed by atoms with E-state index in [1.54, 1.807) is 0 Å². The number of carbonyl (C=O) groups excluding carboxylic acids is 2. The van der Waals surface area contributed by atoms with E-state index in [-0.39, 0.29) is 11.3 Å². The molecule has 2 amide bonds. The number of hydrogen-bond donors (Lipinski definition) is 5. The van der Waals surface area contributed by atoms with Gasteiger partial charge in [0.05, 0.1) is 24.3 Å². The molecule has 0 fully saturated rings. The Morgan fingerprint density at radius 1 is 1.11 bits per heavy atom. The predicted octanol–water partition coefficient (Wildman–Crippen LogP) is 3.07. The molecule has 6 N–H and O–H groups in total. The molecule has 0 bridgehead atoms. The Bertz CT molecular complexity index is 1030. The van der Waals surface area contributed by atoms with Gasteiger partial charge in [0.1, 0.15) is 0 Å². The maximum Gasteiger partial charge on any atom is 0.416 e. The molecule has 0 aliphatic carbocycles. The van der Waals surface area contributed by atoms with Crippen molar-refractivity contribution < 1.29 is 27.9 Å². The molecule has 0 aliphatic heterocycles. The fourth-order valence-electron chi connectivity index (χ4n) is 3.65. The molecule has 0 saturated carbocycles. The van der Waals surface area contributed by atoms with Crippen LogP contribution in [0.5, 0.6) is 0 Å². The van der Waals surface area contributed by atoms with Gasteiger partial charge in [0.15, 0.2) is 0 Å². The number of aliphatic hydroxyl groups excluding tert-OH is 1. The summed E-state index contributed by atoms with van der Waals surface area (Å²) in [5, 5.41) is 18.7. The number of halogens is 3. The van der Waals surface area contributed by atoms with Gasteiger partial charge in [-0.05, 0) is 49.6 Å². The van der Waals surface area contributed by atoms with Crippen LogP contribution >= 0.6 is 0 Å². The van der Waals surface area contributed by atoms with Crippen molar-refractivity contribution in [3.63, 3.8) is 0 Å². The highest BCUT2D eigenvalue weighted by atomic mass is 19.4. The molecule has 0 aliphatic rings. The van der Waals surface area contributed by atoms with Crippen molar-refractivity contribution in [3.05, 3.63) is 64.2 Å². The summed E-state index contributed by atoms with van der Waals surface area (Å²) in [5.41, 5.74) is 7.30. The molecule has 0 heterocycles. The first-order valence-corrected chi connectivity index (χ1v) is 11.4. The minimum Gasteiger partial charge on any atom is -0.399 e. The van der Waals surface area contributed by atoms with Gasteiger partial charge in [-0.25, -0.2) is 0 Å². The van der Waals surface area contributed by atoms with Crippen molar-refractivity contribution in [2.24, 2.45) is 0 Å². The summed E-state index contributed by atoms with van der Waals surface area (Å²) in [4.78, 5) is 24.8. The van der Waals surface area contributed by atoms with Crippen LogP contribution in [-0.4, -0.2) is 42.2 Å². The van der Waals surface area contributed by atoms with E-state index in [4.69, 9.17) is 5.73 Å². The summed E-state index contributed by atoms with van der Waals surface area (Å²) < 4.78 is 38.9. The zero-order chi connectivity index (χ0) is 26.2. The number of nitrogens with one attached hydrogen (secondary N) is 3. The van der Waals surface area contributed by atoms with Gasteiger partial charge in [-0.2, -0.15) is 13.2 Å². The minimum absolute atomic E-state index is 0.216. The van der Waals surface area contributed by atoms with E-state index in [0.29, 0.717) is 32.0 Å². The van der Waals surface area contributed by atoms with E-state index >= 15 is 0 Å². The summed E-state index contributed by atoms with van der Waals surface area (Å²) in [5.74, 6) is -1.44. The molecule has 0 aromatic heterocycles. The Hall–Kier alpha value is -3.11. The maximum absolute atomic E-state index is 13.0. The fourth-order valence-corrected chi connectivity index (χ4v) is 3.65. The first kappa shape index (κ1) is 28.1. The zero-order valence-electron chi connectivity index (χ0n) is 20.1. The van der Waals surface area contributed by atoms with Crippen molar-refractivity contribution in [1.82, 2.24) is 16.0 Å². The lowest BCUT2D eigenvalue weighted by atomic mass is 10.0. The van der Waals surface area contributed by atoms with Crippen LogP contribution in [-0.2, 0) is 17.5 Å². The number of aliphatic hydroxyl groups is 1. The average Bonchev–Trinajstić information content (AvgIpc) is 2.77. The van der Waals surface area contributed by atoms with Crippen LogP contribution < -0.4 is 21.7 Å². The number of hydrogen-bond acceptors (Lipinski definition) is 5. The lowest BCUT2D eigenvalue weighted by Gasteiger charge is -2.25. The first-order valence-electron chi connectivity index (χ1n) is 11.4. The maximum atomic E-state index is 13.0. The van der Waals surface area contributed by atoms with Crippen LogP contribution in [0, 0.1) is 13.8 Å². The third kappa shape index (κ3) is 8.88. The van der Waals surface area contributed by atoms with Gasteiger partial charge in [0, 0.05) is 24.3 Å². The number of anilines is 1. The number of benzene rings is 2. The van der Waals surface area contributed by atoms with Crippen molar-refractivity contribution >= 4 is 17.5 Å². The summed E-state index contributed by atoms with van der Waals surface area (Å²) in [6, 6.07) is 7.99. The van der Waals surface area contributed by atoms with Crippen molar-refractivity contribution in [2.45, 2.75) is 58.5 Å². The highest BCUT2D eigenvalue weighted by Gasteiger charge is 2.31. The van der Waals surface area contributed by atoms with Gasteiger partial charge in [0.25, 0.3) is 5.91 Å². The Kier molecular flexibility index (Phi) is 10.1. The molecule has 2 aromatic rings. The number of alkyl halides is 3. The Balaban J connectivity index is 1.96. The second-order valence-corrected chi connectivity index (χ2v) is 8.62. The monoisotopic (exact) mass is 494 g/mol. The molecule has 2 aromatic carbocycles. The lowest BCUT2D eigenvalue weighted by molar-refractivity contribution is -0.137. The molecule has 0 unspecified atom stereocenters. The lowest BCUT2D eigenvalue weighted by Crippen LogP contribution is -2.51. The van der Waals surface area contributed by atoms with Gasteiger partial charge in [-0.1, -0.05) is 37.1 Å². The molecule has 10 heteroatoms. The Morgan fingerprint density at radius 3 is 2.46 bits per heavy atom. The Labute approximate surface area is 203 Å². The third-order valence-corrected chi connectivity index (χ3v) is 5.53. The van der Waals surface area contributed by atoms with E-state index in [0.717, 1.165) is 28.8 Å². The van der Waals surface area contributed by atoms with Gasteiger partial charge in [-0.15, -0.1) is 0 Å². The standard InChI is InChI=1S/C25H33F3N4O3/c1-4-5-22(33)21(13-30-12-17-7-6-15(2)8-16(17)3)32-23(34)14-31-24(35)18-9-19(25(26,27)28)11-20(29)10-18/h6-11,21-22,30,33H,4-5,12-14,29H2,1-3H3,(H,31,35)(H,32,34)/t21-,22+/m0/s1. The molecule has 192 valence electrons. The molecule has 0 spiro atoms. The number of amides is 2. The fraction of sp³-hybridized carbons (Fsp3) is 0.440. The molecule has 7 nitrogen and oxygen atoms in total. The van der Waals surface area contributed by atoms with Crippen LogP contribution in [0.1, 0.15) is 52.4 Å². The largest absolute Gasteiger partial charge is 0.416 e. The predicted molar refractivity (Wildman–Crippen MR) is 129 cm³/mol. The van der Waals surface area contributed by atoms with Gasteiger partial charge in [0.2, 0.25) is 5.91 Å². The highest BCUT2D eigenvalue weighted by Crippen LogP contribution is 2.31.